The molecule has 5 nitrogen and oxygen atoms in total. The summed E-state index contributed by atoms with van der Waals surface area (Å²) >= 11 is 5.15. The van der Waals surface area contributed by atoms with Crippen molar-refractivity contribution in [1.29, 1.82) is 0 Å². The van der Waals surface area contributed by atoms with Crippen LogP contribution in [0.3, 0.4) is 0 Å². The summed E-state index contributed by atoms with van der Waals surface area (Å²) < 4.78 is 11.1. The topological polar surface area (TPSA) is 63.5 Å². The number of para-hydroxylation sites is 1. The first-order valence-corrected chi connectivity index (χ1v) is 8.69. The molecular formula is C21H18N2O3S. The van der Waals surface area contributed by atoms with Crippen LogP contribution in [0.2, 0.25) is 0 Å². The van der Waals surface area contributed by atoms with E-state index in [2.05, 4.69) is 10.6 Å². The average molecular weight is 378 g/mol. The zero-order chi connectivity index (χ0) is 19.1. The van der Waals surface area contributed by atoms with E-state index in [0.29, 0.717) is 11.5 Å². The van der Waals surface area contributed by atoms with E-state index in [0.717, 1.165) is 17.2 Å². The lowest BCUT2D eigenvalue weighted by atomic mass is 10.3. The Hall–Kier alpha value is -3.38. The summed E-state index contributed by atoms with van der Waals surface area (Å²) in [7, 11) is 0. The van der Waals surface area contributed by atoms with Crippen molar-refractivity contribution >= 4 is 35.0 Å². The van der Waals surface area contributed by atoms with Crippen LogP contribution in [0.25, 0.3) is 6.08 Å². The SMILES string of the molecule is Cc1ccc(/C=C/C(=O)NC(=S)Nc2ccc(Oc3ccccc3)cc2)o1. The number of hydrogen-bond acceptors (Lipinski definition) is 4. The molecule has 0 spiro atoms. The summed E-state index contributed by atoms with van der Waals surface area (Å²) in [5.41, 5.74) is 0.742. The molecule has 1 amide bonds. The smallest absolute Gasteiger partial charge is 0.250 e. The Morgan fingerprint density at radius 3 is 2.37 bits per heavy atom. The maximum absolute atomic E-state index is 11.9. The van der Waals surface area contributed by atoms with Crippen molar-refractivity contribution in [2.45, 2.75) is 6.92 Å². The van der Waals surface area contributed by atoms with Gasteiger partial charge in [0.15, 0.2) is 5.11 Å². The Bertz CT molecular complexity index is 947. The Balaban J connectivity index is 1.50. The molecule has 3 rings (SSSR count). The van der Waals surface area contributed by atoms with E-state index in [4.69, 9.17) is 21.4 Å². The van der Waals surface area contributed by atoms with Crippen molar-refractivity contribution in [2.75, 3.05) is 5.32 Å². The van der Waals surface area contributed by atoms with Gasteiger partial charge in [0.05, 0.1) is 0 Å². The fraction of sp³-hybridized carbons (Fsp3) is 0.0476. The van der Waals surface area contributed by atoms with Crippen LogP contribution in [0.15, 0.2) is 77.2 Å². The first-order valence-electron chi connectivity index (χ1n) is 8.28. The van der Waals surface area contributed by atoms with Gasteiger partial charge in [0.25, 0.3) is 0 Å². The number of carbonyl (C=O) groups is 1. The third-order valence-corrected chi connectivity index (χ3v) is 3.69. The Morgan fingerprint density at radius 2 is 1.70 bits per heavy atom. The minimum Gasteiger partial charge on any atom is -0.462 e. The highest BCUT2D eigenvalue weighted by atomic mass is 32.1. The van der Waals surface area contributed by atoms with E-state index in [1.54, 1.807) is 12.1 Å². The predicted octanol–water partition coefficient (Wildman–Crippen LogP) is 4.91. The number of nitrogens with one attached hydrogen (secondary N) is 2. The van der Waals surface area contributed by atoms with Crippen LogP contribution >= 0.6 is 12.2 Å². The molecule has 0 fully saturated rings. The zero-order valence-corrected chi connectivity index (χ0v) is 15.5. The molecule has 1 aromatic heterocycles. The van der Waals surface area contributed by atoms with Gasteiger partial charge in [-0.1, -0.05) is 18.2 Å². The molecular weight excluding hydrogens is 360 g/mol. The second kappa shape index (κ2) is 8.82. The van der Waals surface area contributed by atoms with Crippen molar-refractivity contribution < 1.29 is 13.9 Å². The number of rotatable bonds is 5. The number of amides is 1. The highest BCUT2D eigenvalue weighted by Crippen LogP contribution is 2.22. The summed E-state index contributed by atoms with van der Waals surface area (Å²) in [5, 5.41) is 5.74. The Kier molecular flexibility index (Phi) is 6.02. The van der Waals surface area contributed by atoms with Gasteiger partial charge in [-0.05, 0) is 73.7 Å². The van der Waals surface area contributed by atoms with Gasteiger partial charge in [0, 0.05) is 11.8 Å². The number of carbonyl (C=O) groups excluding carboxylic acids is 1. The van der Waals surface area contributed by atoms with Crippen LogP contribution in [-0.4, -0.2) is 11.0 Å². The van der Waals surface area contributed by atoms with Crippen molar-refractivity contribution in [1.82, 2.24) is 5.32 Å². The van der Waals surface area contributed by atoms with Crippen molar-refractivity contribution in [3.8, 4) is 11.5 Å². The zero-order valence-electron chi connectivity index (χ0n) is 14.6. The summed E-state index contributed by atoms with van der Waals surface area (Å²) in [6.07, 6.45) is 2.95. The van der Waals surface area contributed by atoms with Crippen LogP contribution in [0.1, 0.15) is 11.5 Å². The minimum absolute atomic E-state index is 0.206. The van der Waals surface area contributed by atoms with Crippen molar-refractivity contribution in [2.24, 2.45) is 0 Å². The van der Waals surface area contributed by atoms with Crippen LogP contribution in [0, 0.1) is 6.92 Å². The van der Waals surface area contributed by atoms with Gasteiger partial charge in [-0.3, -0.25) is 10.1 Å². The number of furan rings is 1. The molecule has 27 heavy (non-hydrogen) atoms. The van der Waals surface area contributed by atoms with Gasteiger partial charge in [0.2, 0.25) is 5.91 Å². The normalized spacial score (nSPS) is 10.6. The van der Waals surface area contributed by atoms with Gasteiger partial charge in [0.1, 0.15) is 23.0 Å². The molecule has 3 aromatic rings. The minimum atomic E-state index is -0.342. The molecule has 0 atom stereocenters. The summed E-state index contributed by atoms with van der Waals surface area (Å²) in [4.78, 5) is 11.9. The monoisotopic (exact) mass is 378 g/mol. The van der Waals surface area contributed by atoms with Gasteiger partial charge < -0.3 is 14.5 Å². The highest BCUT2D eigenvalue weighted by molar-refractivity contribution is 7.80. The maximum Gasteiger partial charge on any atom is 0.250 e. The lowest BCUT2D eigenvalue weighted by molar-refractivity contribution is -0.115. The summed E-state index contributed by atoms with van der Waals surface area (Å²) in [6, 6.07) is 20.4. The summed E-state index contributed by atoms with van der Waals surface area (Å²) in [5.74, 6) is 2.52. The third kappa shape index (κ3) is 5.83. The van der Waals surface area contributed by atoms with Gasteiger partial charge in [-0.2, -0.15) is 0 Å². The molecule has 1 heterocycles. The molecule has 2 aromatic carbocycles. The number of hydrogen-bond donors (Lipinski definition) is 2. The molecule has 0 unspecified atom stereocenters. The molecule has 0 aliphatic rings. The van der Waals surface area contributed by atoms with Crippen LogP contribution in [-0.2, 0) is 4.79 Å². The molecule has 0 bridgehead atoms. The van der Waals surface area contributed by atoms with E-state index < -0.39 is 0 Å². The molecule has 0 radical (unpaired) electrons. The molecule has 0 saturated heterocycles. The average Bonchev–Trinajstić information content (AvgIpc) is 3.08. The second-order valence-corrected chi connectivity index (χ2v) is 6.07. The Morgan fingerprint density at radius 1 is 1.00 bits per heavy atom. The van der Waals surface area contributed by atoms with E-state index >= 15 is 0 Å². The van der Waals surface area contributed by atoms with Gasteiger partial charge in [-0.25, -0.2) is 0 Å². The fourth-order valence-electron chi connectivity index (χ4n) is 2.25. The van der Waals surface area contributed by atoms with Crippen molar-refractivity contribution in [3.63, 3.8) is 0 Å². The molecule has 0 saturated carbocycles. The standard InChI is InChI=1S/C21H18N2O3S/c1-15-7-10-18(25-15)13-14-20(24)23-21(27)22-16-8-11-19(12-9-16)26-17-5-3-2-4-6-17/h2-14H,1H3,(H2,22,23,24,27)/b14-13+. The highest BCUT2D eigenvalue weighted by Gasteiger charge is 2.03. The maximum atomic E-state index is 11.9. The number of ether oxygens (including phenoxy) is 1. The van der Waals surface area contributed by atoms with Crippen LogP contribution < -0.4 is 15.4 Å². The first kappa shape index (κ1) is 18.4. The number of anilines is 1. The number of thiocarbonyl (C=S) groups is 1. The largest absolute Gasteiger partial charge is 0.462 e. The lowest BCUT2D eigenvalue weighted by Gasteiger charge is -2.09. The number of benzene rings is 2. The van der Waals surface area contributed by atoms with E-state index in [1.165, 1.54) is 6.08 Å². The molecule has 136 valence electrons. The van der Waals surface area contributed by atoms with Gasteiger partial charge >= 0.3 is 0 Å². The predicted molar refractivity (Wildman–Crippen MR) is 110 cm³/mol. The van der Waals surface area contributed by atoms with Gasteiger partial charge in [-0.15, -0.1) is 0 Å². The van der Waals surface area contributed by atoms with Crippen molar-refractivity contribution in [3.05, 3.63) is 84.3 Å². The van der Waals surface area contributed by atoms with E-state index in [1.807, 2.05) is 67.6 Å². The quantitative estimate of drug-likeness (QED) is 0.488. The van der Waals surface area contributed by atoms with E-state index in [9.17, 15) is 4.79 Å². The Labute approximate surface area is 162 Å². The first-order chi connectivity index (χ1) is 13.1. The summed E-state index contributed by atoms with van der Waals surface area (Å²) in [6.45, 7) is 1.84. The number of aryl methyl sites for hydroxylation is 1. The fourth-order valence-corrected chi connectivity index (χ4v) is 2.47. The molecule has 6 heteroatoms. The van der Waals surface area contributed by atoms with Crippen LogP contribution in [0.4, 0.5) is 5.69 Å². The third-order valence-electron chi connectivity index (χ3n) is 3.49. The molecule has 0 aliphatic carbocycles. The lowest BCUT2D eigenvalue weighted by Crippen LogP contribution is -2.32. The second-order valence-electron chi connectivity index (χ2n) is 5.66. The molecule has 0 aliphatic heterocycles. The van der Waals surface area contributed by atoms with Crippen LogP contribution in [0.5, 0.6) is 11.5 Å². The molecule has 2 N–H and O–H groups in total. The van der Waals surface area contributed by atoms with E-state index in [-0.39, 0.29) is 11.0 Å².